The van der Waals surface area contributed by atoms with Gasteiger partial charge in [0.2, 0.25) is 0 Å². The van der Waals surface area contributed by atoms with Gasteiger partial charge in [-0.2, -0.15) is 0 Å². The van der Waals surface area contributed by atoms with Gasteiger partial charge in [-0.1, -0.05) is 23.8 Å². The molecule has 1 nitrogen and oxygen atoms in total. The zero-order valence-corrected chi connectivity index (χ0v) is 11.4. The molecule has 1 heterocycles. The number of fused-ring (bicyclic) bond motifs is 1. The second kappa shape index (κ2) is 4.56. The van der Waals surface area contributed by atoms with Crippen molar-refractivity contribution in [3.8, 4) is 0 Å². The van der Waals surface area contributed by atoms with Crippen molar-refractivity contribution in [3.63, 3.8) is 0 Å². The van der Waals surface area contributed by atoms with E-state index in [1.54, 1.807) is 0 Å². The number of hydrogen-bond acceptors (Lipinski definition) is 1. The molecule has 2 rings (SSSR count). The number of benzene rings is 1. The van der Waals surface area contributed by atoms with Gasteiger partial charge in [0, 0.05) is 11.2 Å². The first kappa shape index (κ1) is 12.2. The van der Waals surface area contributed by atoms with Gasteiger partial charge in [0.05, 0.1) is 0 Å². The average Bonchev–Trinajstić information content (AvgIpc) is 2.25. The number of hydrogen-bond donors (Lipinski definition) is 1. The Morgan fingerprint density at radius 3 is 2.82 bits per heavy atom. The first-order chi connectivity index (χ1) is 7.96. The Kier molecular flexibility index (Phi) is 3.28. The molecule has 1 aromatic rings. The molecule has 0 amide bonds. The highest BCUT2D eigenvalue weighted by Crippen LogP contribution is 2.31. The van der Waals surface area contributed by atoms with E-state index in [0.29, 0.717) is 0 Å². The van der Waals surface area contributed by atoms with Crippen LogP contribution in [-0.4, -0.2) is 5.54 Å². The fourth-order valence-corrected chi connectivity index (χ4v) is 2.30. The van der Waals surface area contributed by atoms with Crippen LogP contribution < -0.4 is 5.32 Å². The van der Waals surface area contributed by atoms with Crippen LogP contribution in [0.4, 0.5) is 5.69 Å². The number of aryl methyl sites for hydroxylation is 1. The molecular weight excluding hydrogens is 206 g/mol. The van der Waals surface area contributed by atoms with E-state index < -0.39 is 0 Å². The summed E-state index contributed by atoms with van der Waals surface area (Å²) in [5, 5.41) is 3.61. The molecule has 1 aromatic carbocycles. The quantitative estimate of drug-likeness (QED) is 0.744. The summed E-state index contributed by atoms with van der Waals surface area (Å²) in [6, 6.07) is 6.84. The van der Waals surface area contributed by atoms with Crippen molar-refractivity contribution in [1.82, 2.24) is 0 Å². The van der Waals surface area contributed by atoms with Gasteiger partial charge in [-0.15, -0.1) is 0 Å². The van der Waals surface area contributed by atoms with Gasteiger partial charge in [0.15, 0.2) is 0 Å². The predicted octanol–water partition coefficient (Wildman–Crippen LogP) is 4.33. The molecule has 1 aliphatic rings. The van der Waals surface area contributed by atoms with E-state index in [1.165, 1.54) is 35.2 Å². The number of nitrogens with one attached hydrogen (secondary N) is 1. The van der Waals surface area contributed by atoms with Crippen LogP contribution >= 0.6 is 0 Å². The standard InChI is InChI=1S/C16H23N/c1-12(2)5-6-13-7-8-15-14(11-13)9-10-16(3,4)17-15/h5,7-8,11,17H,6,9-10H2,1-4H3. The smallest absolute Gasteiger partial charge is 0.0377 e. The van der Waals surface area contributed by atoms with E-state index in [2.05, 4.69) is 57.3 Å². The monoisotopic (exact) mass is 229 g/mol. The average molecular weight is 229 g/mol. The summed E-state index contributed by atoms with van der Waals surface area (Å²) in [6.45, 7) is 8.85. The molecule has 0 aliphatic carbocycles. The lowest BCUT2D eigenvalue weighted by atomic mass is 9.88. The number of allylic oxidation sites excluding steroid dienone is 2. The van der Waals surface area contributed by atoms with Crippen molar-refractivity contribution in [2.75, 3.05) is 5.32 Å². The van der Waals surface area contributed by atoms with Gasteiger partial charge in [-0.05, 0) is 64.2 Å². The Labute approximate surface area is 105 Å². The zero-order chi connectivity index (χ0) is 12.5. The lowest BCUT2D eigenvalue weighted by Gasteiger charge is -2.34. The molecule has 1 aliphatic heterocycles. The Morgan fingerprint density at radius 1 is 1.35 bits per heavy atom. The van der Waals surface area contributed by atoms with Gasteiger partial charge < -0.3 is 5.32 Å². The summed E-state index contributed by atoms with van der Waals surface area (Å²) in [5.41, 5.74) is 5.86. The van der Waals surface area contributed by atoms with Crippen molar-refractivity contribution in [2.45, 2.75) is 52.5 Å². The Morgan fingerprint density at radius 2 is 2.12 bits per heavy atom. The second-order valence-electron chi connectivity index (χ2n) is 5.99. The highest BCUT2D eigenvalue weighted by Gasteiger charge is 2.23. The van der Waals surface area contributed by atoms with E-state index >= 15 is 0 Å². The van der Waals surface area contributed by atoms with Crippen molar-refractivity contribution in [2.24, 2.45) is 0 Å². The summed E-state index contributed by atoms with van der Waals surface area (Å²) in [5.74, 6) is 0. The maximum absolute atomic E-state index is 3.61. The largest absolute Gasteiger partial charge is 0.380 e. The maximum Gasteiger partial charge on any atom is 0.0377 e. The minimum absolute atomic E-state index is 0.244. The number of rotatable bonds is 2. The third-order valence-electron chi connectivity index (χ3n) is 3.41. The lowest BCUT2D eigenvalue weighted by molar-refractivity contribution is 0.502. The van der Waals surface area contributed by atoms with Crippen LogP contribution in [0.15, 0.2) is 29.8 Å². The minimum Gasteiger partial charge on any atom is -0.380 e. The SMILES string of the molecule is CC(C)=CCc1ccc2c(c1)CCC(C)(C)N2. The molecule has 0 radical (unpaired) electrons. The third-order valence-corrected chi connectivity index (χ3v) is 3.41. The zero-order valence-electron chi connectivity index (χ0n) is 11.4. The third kappa shape index (κ3) is 3.12. The molecule has 1 N–H and O–H groups in total. The first-order valence-electron chi connectivity index (χ1n) is 6.50. The molecule has 92 valence electrons. The molecule has 0 unspecified atom stereocenters. The Balaban J connectivity index is 2.19. The van der Waals surface area contributed by atoms with Gasteiger partial charge in [0.1, 0.15) is 0 Å². The van der Waals surface area contributed by atoms with Gasteiger partial charge in [-0.3, -0.25) is 0 Å². The fourth-order valence-electron chi connectivity index (χ4n) is 2.30. The van der Waals surface area contributed by atoms with Crippen LogP contribution in [0.3, 0.4) is 0 Å². The minimum atomic E-state index is 0.244. The van der Waals surface area contributed by atoms with E-state index in [0.717, 1.165) is 6.42 Å². The Hall–Kier alpha value is -1.24. The normalized spacial score (nSPS) is 16.9. The lowest BCUT2D eigenvalue weighted by Crippen LogP contribution is -2.35. The first-order valence-corrected chi connectivity index (χ1v) is 6.50. The summed E-state index contributed by atoms with van der Waals surface area (Å²) in [6.07, 6.45) is 5.75. The highest BCUT2D eigenvalue weighted by molar-refractivity contribution is 5.56. The van der Waals surface area contributed by atoms with E-state index in [9.17, 15) is 0 Å². The molecule has 0 spiro atoms. The van der Waals surface area contributed by atoms with E-state index in [4.69, 9.17) is 0 Å². The Bertz CT molecular complexity index is 437. The molecule has 0 aromatic heterocycles. The molecule has 0 fully saturated rings. The summed E-state index contributed by atoms with van der Waals surface area (Å²) in [7, 11) is 0. The fraction of sp³-hybridized carbons (Fsp3) is 0.500. The van der Waals surface area contributed by atoms with Crippen molar-refractivity contribution in [3.05, 3.63) is 41.0 Å². The van der Waals surface area contributed by atoms with Crippen molar-refractivity contribution >= 4 is 5.69 Å². The molecule has 0 bridgehead atoms. The summed E-state index contributed by atoms with van der Waals surface area (Å²) < 4.78 is 0. The number of anilines is 1. The highest BCUT2D eigenvalue weighted by atomic mass is 15.0. The van der Waals surface area contributed by atoms with Crippen LogP contribution in [0.5, 0.6) is 0 Å². The van der Waals surface area contributed by atoms with E-state index in [-0.39, 0.29) is 5.54 Å². The van der Waals surface area contributed by atoms with Crippen LogP contribution in [0, 0.1) is 0 Å². The molecular formula is C16H23N. The molecule has 0 atom stereocenters. The van der Waals surface area contributed by atoms with E-state index in [1.807, 2.05) is 0 Å². The summed E-state index contributed by atoms with van der Waals surface area (Å²) >= 11 is 0. The van der Waals surface area contributed by atoms with Crippen molar-refractivity contribution < 1.29 is 0 Å². The van der Waals surface area contributed by atoms with Crippen LogP contribution in [0.1, 0.15) is 45.2 Å². The topological polar surface area (TPSA) is 12.0 Å². The second-order valence-corrected chi connectivity index (χ2v) is 5.99. The molecule has 17 heavy (non-hydrogen) atoms. The predicted molar refractivity (Wildman–Crippen MR) is 75.6 cm³/mol. The molecule has 0 saturated heterocycles. The molecule has 1 heteroatoms. The van der Waals surface area contributed by atoms with Gasteiger partial charge in [0.25, 0.3) is 0 Å². The van der Waals surface area contributed by atoms with Gasteiger partial charge >= 0.3 is 0 Å². The maximum atomic E-state index is 3.61. The van der Waals surface area contributed by atoms with Crippen molar-refractivity contribution in [1.29, 1.82) is 0 Å². The van der Waals surface area contributed by atoms with Crippen LogP contribution in [0.2, 0.25) is 0 Å². The molecule has 0 saturated carbocycles. The van der Waals surface area contributed by atoms with Gasteiger partial charge in [-0.25, -0.2) is 0 Å². The van der Waals surface area contributed by atoms with Crippen LogP contribution in [0.25, 0.3) is 0 Å². The van der Waals surface area contributed by atoms with Crippen LogP contribution in [-0.2, 0) is 12.8 Å². The summed E-state index contributed by atoms with van der Waals surface area (Å²) in [4.78, 5) is 0.